The van der Waals surface area contributed by atoms with Gasteiger partial charge in [-0.25, -0.2) is 13.4 Å². The van der Waals surface area contributed by atoms with Crippen LogP contribution in [0.25, 0.3) is 10.2 Å². The minimum absolute atomic E-state index is 0.154. The van der Waals surface area contributed by atoms with Crippen molar-refractivity contribution in [2.24, 2.45) is 0 Å². The summed E-state index contributed by atoms with van der Waals surface area (Å²) in [6.07, 6.45) is 0. The van der Waals surface area contributed by atoms with Crippen molar-refractivity contribution in [2.45, 2.75) is 4.90 Å². The van der Waals surface area contributed by atoms with E-state index in [0.717, 1.165) is 13.1 Å². The molecule has 7 nitrogen and oxygen atoms in total. The fourth-order valence-corrected chi connectivity index (χ4v) is 4.96. The third-order valence-corrected chi connectivity index (χ3v) is 6.90. The van der Waals surface area contributed by atoms with E-state index in [-0.39, 0.29) is 16.7 Å². The van der Waals surface area contributed by atoms with Crippen LogP contribution in [0.2, 0.25) is 0 Å². The van der Waals surface area contributed by atoms with Gasteiger partial charge in [-0.3, -0.25) is 4.79 Å². The largest absolute Gasteiger partial charge is 0.304 e. The number of nitrogens with one attached hydrogen (secondary N) is 1. The lowest BCUT2D eigenvalue weighted by molar-refractivity contribution is -0.113. The van der Waals surface area contributed by atoms with Crippen LogP contribution in [0.15, 0.2) is 23.1 Å². The van der Waals surface area contributed by atoms with E-state index in [4.69, 9.17) is 11.6 Å². The maximum atomic E-state index is 12.8. The highest BCUT2D eigenvalue weighted by Gasteiger charge is 2.27. The van der Waals surface area contributed by atoms with Crippen molar-refractivity contribution >= 4 is 54.2 Å². The quantitative estimate of drug-likeness (QED) is 0.801. The van der Waals surface area contributed by atoms with Gasteiger partial charge in [0.1, 0.15) is 5.88 Å². The van der Waals surface area contributed by atoms with Crippen LogP contribution in [0, 0.1) is 0 Å². The molecule has 0 atom stereocenters. The van der Waals surface area contributed by atoms with Crippen LogP contribution in [0.3, 0.4) is 0 Å². The van der Waals surface area contributed by atoms with Gasteiger partial charge in [-0.15, -0.1) is 11.6 Å². The average molecular weight is 389 g/mol. The Morgan fingerprint density at radius 1 is 1.33 bits per heavy atom. The third kappa shape index (κ3) is 3.55. The van der Waals surface area contributed by atoms with Gasteiger partial charge in [-0.2, -0.15) is 4.31 Å². The first-order chi connectivity index (χ1) is 11.4. The number of alkyl halides is 1. The Kier molecular flexibility index (Phi) is 5.07. The highest BCUT2D eigenvalue weighted by atomic mass is 35.5. The van der Waals surface area contributed by atoms with E-state index in [0.29, 0.717) is 28.4 Å². The summed E-state index contributed by atoms with van der Waals surface area (Å²) in [7, 11) is -1.54. The number of thiazole rings is 1. The second kappa shape index (κ2) is 6.93. The minimum Gasteiger partial charge on any atom is -0.304 e. The molecule has 1 aliphatic heterocycles. The third-order valence-electron chi connectivity index (χ3n) is 3.83. The van der Waals surface area contributed by atoms with E-state index in [1.807, 2.05) is 7.05 Å². The Hall–Kier alpha value is -1.26. The molecule has 0 saturated carbocycles. The topological polar surface area (TPSA) is 82.6 Å². The Labute approximate surface area is 149 Å². The minimum atomic E-state index is -3.52. The Bertz CT molecular complexity index is 860. The Morgan fingerprint density at radius 3 is 2.71 bits per heavy atom. The first-order valence-electron chi connectivity index (χ1n) is 7.35. The van der Waals surface area contributed by atoms with E-state index >= 15 is 0 Å². The van der Waals surface area contributed by atoms with Gasteiger partial charge in [0, 0.05) is 26.2 Å². The lowest BCUT2D eigenvalue weighted by Gasteiger charge is -2.31. The Morgan fingerprint density at radius 2 is 2.04 bits per heavy atom. The van der Waals surface area contributed by atoms with Crippen LogP contribution < -0.4 is 5.32 Å². The molecule has 0 unspecified atom stereocenters. The number of halogens is 1. The number of aromatic nitrogens is 1. The summed E-state index contributed by atoms with van der Waals surface area (Å²) in [5, 5.41) is 2.99. The molecule has 1 aliphatic rings. The van der Waals surface area contributed by atoms with Gasteiger partial charge in [0.15, 0.2) is 5.13 Å². The molecule has 1 amide bonds. The van der Waals surface area contributed by atoms with E-state index < -0.39 is 10.0 Å². The number of anilines is 1. The number of nitrogens with zero attached hydrogens (tertiary/aromatic N) is 3. The van der Waals surface area contributed by atoms with Crippen molar-refractivity contribution in [2.75, 3.05) is 44.4 Å². The zero-order valence-corrected chi connectivity index (χ0v) is 15.4. The maximum Gasteiger partial charge on any atom is 0.243 e. The predicted molar refractivity (Wildman–Crippen MR) is 95.2 cm³/mol. The molecular weight excluding hydrogens is 372 g/mol. The van der Waals surface area contributed by atoms with Gasteiger partial charge in [0.05, 0.1) is 15.1 Å². The van der Waals surface area contributed by atoms with Crippen molar-refractivity contribution in [1.82, 2.24) is 14.2 Å². The second-order valence-electron chi connectivity index (χ2n) is 5.54. The molecule has 1 aromatic carbocycles. The zero-order valence-electron chi connectivity index (χ0n) is 13.0. The number of hydrogen-bond acceptors (Lipinski definition) is 6. The number of piperazine rings is 1. The van der Waals surface area contributed by atoms with E-state index in [2.05, 4.69) is 15.2 Å². The molecule has 3 rings (SSSR count). The van der Waals surface area contributed by atoms with Crippen LogP contribution in [0.1, 0.15) is 0 Å². The van der Waals surface area contributed by atoms with Crippen LogP contribution in [-0.2, 0) is 14.8 Å². The van der Waals surface area contributed by atoms with E-state index in [1.165, 1.54) is 15.6 Å². The smallest absolute Gasteiger partial charge is 0.243 e. The highest BCUT2D eigenvalue weighted by molar-refractivity contribution is 7.89. The standard InChI is InChI=1S/C14H17ClN4O3S2/c1-18-4-6-19(7-5-18)24(21,22)10-2-3-11-12(8-10)23-14(16-11)17-13(20)9-15/h2-3,8H,4-7,9H2,1H3,(H,16,17,20). The Balaban J connectivity index is 1.88. The van der Waals surface area contributed by atoms with Gasteiger partial charge in [0.2, 0.25) is 15.9 Å². The summed E-state index contributed by atoms with van der Waals surface area (Å²) in [6.45, 7) is 2.40. The zero-order chi connectivity index (χ0) is 17.3. The van der Waals surface area contributed by atoms with Crippen LogP contribution in [-0.4, -0.2) is 67.6 Å². The van der Waals surface area contributed by atoms with Crippen LogP contribution >= 0.6 is 22.9 Å². The highest BCUT2D eigenvalue weighted by Crippen LogP contribution is 2.29. The molecule has 10 heteroatoms. The summed E-state index contributed by atoms with van der Waals surface area (Å²) >= 11 is 6.68. The van der Waals surface area contributed by atoms with Crippen molar-refractivity contribution in [3.05, 3.63) is 18.2 Å². The van der Waals surface area contributed by atoms with Gasteiger partial charge in [-0.05, 0) is 25.2 Å². The van der Waals surface area contributed by atoms with Gasteiger partial charge in [0.25, 0.3) is 0 Å². The number of carbonyl (C=O) groups is 1. The molecule has 1 fully saturated rings. The number of benzene rings is 1. The molecule has 0 radical (unpaired) electrons. The summed E-state index contributed by atoms with van der Waals surface area (Å²) in [5.41, 5.74) is 0.641. The molecule has 0 bridgehead atoms. The molecule has 24 heavy (non-hydrogen) atoms. The molecule has 1 saturated heterocycles. The molecule has 1 aromatic heterocycles. The number of rotatable bonds is 4. The van der Waals surface area contributed by atoms with Crippen molar-refractivity contribution in [1.29, 1.82) is 0 Å². The van der Waals surface area contributed by atoms with Gasteiger partial charge < -0.3 is 10.2 Å². The molecule has 0 aliphatic carbocycles. The average Bonchev–Trinajstić information content (AvgIpc) is 2.96. The fraction of sp³-hybridized carbons (Fsp3) is 0.429. The number of hydrogen-bond donors (Lipinski definition) is 1. The molecule has 1 N–H and O–H groups in total. The van der Waals surface area contributed by atoms with Crippen molar-refractivity contribution in [3.8, 4) is 0 Å². The van der Waals surface area contributed by atoms with E-state index in [1.54, 1.807) is 18.2 Å². The maximum absolute atomic E-state index is 12.8. The predicted octanol–water partition coefficient (Wildman–Crippen LogP) is 1.41. The lowest BCUT2D eigenvalue weighted by atomic mass is 10.3. The molecule has 2 heterocycles. The first kappa shape index (κ1) is 17.6. The number of carbonyl (C=O) groups excluding carboxylic acids is 1. The number of likely N-dealkylation sites (N-methyl/N-ethyl adjacent to an activating group) is 1. The van der Waals surface area contributed by atoms with Crippen molar-refractivity contribution < 1.29 is 13.2 Å². The van der Waals surface area contributed by atoms with Crippen LogP contribution in [0.4, 0.5) is 5.13 Å². The monoisotopic (exact) mass is 388 g/mol. The molecule has 0 spiro atoms. The fourth-order valence-electron chi connectivity index (χ4n) is 2.45. The summed E-state index contributed by atoms with van der Waals surface area (Å²) in [5.74, 6) is -0.500. The molecule has 2 aromatic rings. The number of amides is 1. The summed E-state index contributed by atoms with van der Waals surface area (Å²) in [4.78, 5) is 17.9. The first-order valence-corrected chi connectivity index (χ1v) is 10.1. The second-order valence-corrected chi connectivity index (χ2v) is 8.77. The molecular formula is C14H17ClN4O3S2. The van der Waals surface area contributed by atoms with Crippen molar-refractivity contribution in [3.63, 3.8) is 0 Å². The SMILES string of the molecule is CN1CCN(S(=O)(=O)c2ccc3nc(NC(=O)CCl)sc3c2)CC1. The van der Waals surface area contributed by atoms with Crippen LogP contribution in [0.5, 0.6) is 0 Å². The van der Waals surface area contributed by atoms with Gasteiger partial charge >= 0.3 is 0 Å². The summed E-state index contributed by atoms with van der Waals surface area (Å²) in [6, 6.07) is 4.82. The number of fused-ring (bicyclic) bond motifs is 1. The normalized spacial score (nSPS) is 17.2. The van der Waals surface area contributed by atoms with E-state index in [9.17, 15) is 13.2 Å². The van der Waals surface area contributed by atoms with Gasteiger partial charge in [-0.1, -0.05) is 11.3 Å². The number of sulfonamides is 1. The molecule has 130 valence electrons. The summed E-state index contributed by atoms with van der Waals surface area (Å²) < 4.78 is 27.8. The lowest BCUT2D eigenvalue weighted by Crippen LogP contribution is -2.46.